The van der Waals surface area contributed by atoms with Crippen LogP contribution in [0.1, 0.15) is 30.0 Å². The molecule has 2 aliphatic heterocycles. The number of hydrogen-bond acceptors (Lipinski definition) is 2. The van der Waals surface area contributed by atoms with E-state index in [0.717, 1.165) is 19.6 Å². The van der Waals surface area contributed by atoms with E-state index in [1.165, 1.54) is 44.5 Å². The van der Waals surface area contributed by atoms with Crippen LogP contribution in [0.15, 0.2) is 36.4 Å². The molecule has 0 aromatic heterocycles. The molecule has 20 heavy (non-hydrogen) atoms. The van der Waals surface area contributed by atoms with Gasteiger partial charge >= 0.3 is 0 Å². The number of nitrogens with zero attached hydrogens (tertiary/aromatic N) is 1. The average Bonchev–Trinajstić information content (AvgIpc) is 3.01. The molecule has 0 N–H and O–H groups in total. The molecule has 0 radical (unpaired) electrons. The Morgan fingerprint density at radius 1 is 1.15 bits per heavy atom. The van der Waals surface area contributed by atoms with Crippen molar-refractivity contribution in [1.82, 2.24) is 4.90 Å². The summed E-state index contributed by atoms with van der Waals surface area (Å²) in [5.41, 5.74) is 4.42. The highest BCUT2D eigenvalue weighted by molar-refractivity contribution is 8.08. The van der Waals surface area contributed by atoms with Gasteiger partial charge in [0.2, 0.25) is 0 Å². The smallest absolute Gasteiger partial charge is 0.0243 e. The van der Waals surface area contributed by atoms with Crippen molar-refractivity contribution >= 4 is 27.4 Å². The first-order chi connectivity index (χ1) is 9.85. The molecule has 0 aliphatic carbocycles. The highest BCUT2D eigenvalue weighted by Gasteiger charge is 2.19. The lowest BCUT2D eigenvalue weighted by Crippen LogP contribution is -2.26. The van der Waals surface area contributed by atoms with Gasteiger partial charge in [0.1, 0.15) is 0 Å². The minimum absolute atomic E-state index is 1.09. The quantitative estimate of drug-likeness (QED) is 0.788. The van der Waals surface area contributed by atoms with E-state index in [0.29, 0.717) is 0 Å². The third kappa shape index (κ3) is 1.99. The standard InChI is InChI=1S/C18H19NS/c1-2-19-11-14-6-3-5-13-9-15(17-7-4-8-20-17)10-16(12-19)18(13)14/h3,5-7,9-10H,2,4,8,11-12H2,1H3. The summed E-state index contributed by atoms with van der Waals surface area (Å²) >= 11 is 2.00. The molecule has 0 spiro atoms. The molecule has 2 aliphatic rings. The molecular weight excluding hydrogens is 262 g/mol. The lowest BCUT2D eigenvalue weighted by Gasteiger charge is -2.28. The summed E-state index contributed by atoms with van der Waals surface area (Å²) in [6.07, 6.45) is 3.61. The van der Waals surface area contributed by atoms with E-state index in [2.05, 4.69) is 48.2 Å². The molecule has 2 aromatic carbocycles. The lowest BCUT2D eigenvalue weighted by molar-refractivity contribution is 0.267. The topological polar surface area (TPSA) is 3.24 Å². The van der Waals surface area contributed by atoms with Crippen LogP contribution in [0.25, 0.3) is 15.7 Å². The van der Waals surface area contributed by atoms with E-state index < -0.39 is 0 Å². The van der Waals surface area contributed by atoms with E-state index in [9.17, 15) is 0 Å². The first-order valence-corrected chi connectivity index (χ1v) is 8.44. The fourth-order valence-electron chi connectivity index (χ4n) is 3.38. The van der Waals surface area contributed by atoms with Crippen LogP contribution in [-0.4, -0.2) is 17.2 Å². The molecule has 0 fully saturated rings. The van der Waals surface area contributed by atoms with Crippen LogP contribution in [0.4, 0.5) is 0 Å². The highest BCUT2D eigenvalue weighted by Crippen LogP contribution is 2.38. The molecular formula is C18H19NS. The molecule has 2 heterocycles. The number of allylic oxidation sites excluding steroid dienone is 1. The maximum Gasteiger partial charge on any atom is 0.0243 e. The maximum atomic E-state index is 2.52. The third-order valence-electron chi connectivity index (χ3n) is 4.37. The second kappa shape index (κ2) is 4.94. The molecule has 2 heteroatoms. The van der Waals surface area contributed by atoms with Gasteiger partial charge < -0.3 is 0 Å². The Labute approximate surface area is 124 Å². The van der Waals surface area contributed by atoms with Crippen molar-refractivity contribution in [2.24, 2.45) is 0 Å². The van der Waals surface area contributed by atoms with Crippen LogP contribution in [0, 0.1) is 0 Å². The van der Waals surface area contributed by atoms with Gasteiger partial charge in [-0.05, 0) is 52.6 Å². The van der Waals surface area contributed by atoms with Gasteiger partial charge in [-0.15, -0.1) is 11.8 Å². The SMILES string of the molecule is CCN1Cc2cccc3cc(C4=CCCS4)cc(c23)C1. The van der Waals surface area contributed by atoms with Gasteiger partial charge in [0, 0.05) is 23.7 Å². The fourth-order valence-corrected chi connectivity index (χ4v) is 4.36. The molecule has 0 amide bonds. The van der Waals surface area contributed by atoms with Crippen molar-refractivity contribution in [3.05, 3.63) is 53.1 Å². The van der Waals surface area contributed by atoms with E-state index in [-0.39, 0.29) is 0 Å². The highest BCUT2D eigenvalue weighted by atomic mass is 32.2. The summed E-state index contributed by atoms with van der Waals surface area (Å²) in [5.74, 6) is 1.24. The van der Waals surface area contributed by atoms with E-state index in [4.69, 9.17) is 0 Å². The summed E-state index contributed by atoms with van der Waals surface area (Å²) in [6.45, 7) is 5.56. The summed E-state index contributed by atoms with van der Waals surface area (Å²) in [6, 6.07) is 11.6. The minimum Gasteiger partial charge on any atom is -0.295 e. The zero-order chi connectivity index (χ0) is 13.5. The molecule has 102 valence electrons. The maximum absolute atomic E-state index is 2.52. The van der Waals surface area contributed by atoms with Crippen molar-refractivity contribution in [3.8, 4) is 0 Å². The number of rotatable bonds is 2. The third-order valence-corrected chi connectivity index (χ3v) is 5.52. The summed E-state index contributed by atoms with van der Waals surface area (Å²) in [7, 11) is 0. The fraction of sp³-hybridized carbons (Fsp3) is 0.333. The van der Waals surface area contributed by atoms with Crippen molar-refractivity contribution in [2.45, 2.75) is 26.4 Å². The molecule has 1 nitrogen and oxygen atoms in total. The van der Waals surface area contributed by atoms with Crippen molar-refractivity contribution in [2.75, 3.05) is 12.3 Å². The van der Waals surface area contributed by atoms with E-state index in [1.807, 2.05) is 11.8 Å². The van der Waals surface area contributed by atoms with E-state index in [1.54, 1.807) is 0 Å². The molecule has 0 unspecified atom stereocenters. The van der Waals surface area contributed by atoms with Gasteiger partial charge in [0.15, 0.2) is 0 Å². The Balaban J connectivity index is 1.91. The number of benzene rings is 2. The lowest BCUT2D eigenvalue weighted by atomic mass is 9.93. The second-order valence-electron chi connectivity index (χ2n) is 5.66. The van der Waals surface area contributed by atoms with Crippen LogP contribution in [0.5, 0.6) is 0 Å². The molecule has 0 atom stereocenters. The predicted molar refractivity (Wildman–Crippen MR) is 88.8 cm³/mol. The molecule has 2 aromatic rings. The first-order valence-electron chi connectivity index (χ1n) is 7.45. The van der Waals surface area contributed by atoms with Crippen molar-refractivity contribution in [3.63, 3.8) is 0 Å². The Morgan fingerprint density at radius 2 is 2.05 bits per heavy atom. The Morgan fingerprint density at radius 3 is 2.85 bits per heavy atom. The van der Waals surface area contributed by atoms with Crippen molar-refractivity contribution in [1.29, 1.82) is 0 Å². The Hall–Kier alpha value is -1.25. The normalized spacial score (nSPS) is 18.6. The van der Waals surface area contributed by atoms with Gasteiger partial charge in [-0.3, -0.25) is 4.90 Å². The summed E-state index contributed by atoms with van der Waals surface area (Å²) < 4.78 is 0. The predicted octanol–water partition coefficient (Wildman–Crippen LogP) is 4.65. The monoisotopic (exact) mass is 281 g/mol. The average molecular weight is 281 g/mol. The largest absolute Gasteiger partial charge is 0.295 e. The number of hydrogen-bond donors (Lipinski definition) is 0. The molecule has 4 rings (SSSR count). The Bertz CT molecular complexity index is 702. The first kappa shape index (κ1) is 12.5. The van der Waals surface area contributed by atoms with Crippen LogP contribution in [-0.2, 0) is 13.1 Å². The van der Waals surface area contributed by atoms with Crippen molar-refractivity contribution < 1.29 is 0 Å². The second-order valence-corrected chi connectivity index (χ2v) is 6.80. The molecule has 0 bridgehead atoms. The zero-order valence-electron chi connectivity index (χ0n) is 11.9. The molecule has 0 saturated heterocycles. The van der Waals surface area contributed by atoms with Crippen LogP contribution in [0.2, 0.25) is 0 Å². The van der Waals surface area contributed by atoms with Crippen LogP contribution < -0.4 is 0 Å². The summed E-state index contributed by atoms with van der Waals surface area (Å²) in [5, 5.41) is 2.92. The zero-order valence-corrected chi connectivity index (χ0v) is 12.7. The van der Waals surface area contributed by atoms with Gasteiger partial charge in [-0.25, -0.2) is 0 Å². The van der Waals surface area contributed by atoms with Gasteiger partial charge in [0.05, 0.1) is 0 Å². The summed E-state index contributed by atoms with van der Waals surface area (Å²) in [4.78, 5) is 4.00. The Kier molecular flexibility index (Phi) is 3.08. The van der Waals surface area contributed by atoms with E-state index >= 15 is 0 Å². The van der Waals surface area contributed by atoms with Crippen LogP contribution in [0.3, 0.4) is 0 Å². The van der Waals surface area contributed by atoms with Crippen LogP contribution >= 0.6 is 11.8 Å². The minimum atomic E-state index is 1.09. The molecule has 0 saturated carbocycles. The number of thioether (sulfide) groups is 1. The van der Waals surface area contributed by atoms with Gasteiger partial charge in [-0.2, -0.15) is 0 Å². The van der Waals surface area contributed by atoms with Gasteiger partial charge in [0.25, 0.3) is 0 Å². The van der Waals surface area contributed by atoms with Gasteiger partial charge in [-0.1, -0.05) is 31.2 Å².